The number of likely N-dealkylation sites (tertiary alicyclic amines) is 1. The van der Waals surface area contributed by atoms with Gasteiger partial charge in [0.15, 0.2) is 0 Å². The number of rotatable bonds is 4. The van der Waals surface area contributed by atoms with E-state index in [-0.39, 0.29) is 0 Å². The molecule has 94 valence electrons. The Morgan fingerprint density at radius 1 is 1.19 bits per heavy atom. The Morgan fingerprint density at radius 3 is 2.75 bits per heavy atom. The zero-order valence-corrected chi connectivity index (χ0v) is 10.8. The lowest BCUT2D eigenvalue weighted by atomic mass is 9.77. The van der Waals surface area contributed by atoms with Gasteiger partial charge in [-0.25, -0.2) is 0 Å². The van der Waals surface area contributed by atoms with Crippen LogP contribution in [0.25, 0.3) is 0 Å². The normalized spacial score (nSPS) is 33.4. The highest BCUT2D eigenvalue weighted by atomic mass is 15.2. The summed E-state index contributed by atoms with van der Waals surface area (Å²) >= 11 is 0. The van der Waals surface area contributed by atoms with Crippen molar-refractivity contribution in [3.63, 3.8) is 0 Å². The van der Waals surface area contributed by atoms with Gasteiger partial charge in [-0.05, 0) is 64.5 Å². The van der Waals surface area contributed by atoms with Crippen LogP contribution in [0.3, 0.4) is 0 Å². The molecule has 1 aliphatic heterocycles. The van der Waals surface area contributed by atoms with Gasteiger partial charge in [0.1, 0.15) is 0 Å². The molecule has 3 atom stereocenters. The number of hydrogen-bond donors (Lipinski definition) is 1. The molecule has 2 aliphatic rings. The van der Waals surface area contributed by atoms with E-state index < -0.39 is 0 Å². The second-order valence-electron chi connectivity index (χ2n) is 5.77. The molecule has 2 fully saturated rings. The Labute approximate surface area is 101 Å². The maximum Gasteiger partial charge on any atom is 0.0126 e. The fourth-order valence-corrected chi connectivity index (χ4v) is 3.79. The van der Waals surface area contributed by atoms with Crippen molar-refractivity contribution in [2.45, 2.75) is 70.4 Å². The van der Waals surface area contributed by atoms with E-state index in [1.165, 1.54) is 57.9 Å². The predicted octanol–water partition coefficient (Wildman–Crippen LogP) is 2.77. The van der Waals surface area contributed by atoms with E-state index in [2.05, 4.69) is 11.8 Å². The quantitative estimate of drug-likeness (QED) is 0.795. The van der Waals surface area contributed by atoms with Crippen molar-refractivity contribution in [1.82, 2.24) is 4.90 Å². The molecular weight excluding hydrogens is 196 g/mol. The van der Waals surface area contributed by atoms with E-state index in [0.717, 1.165) is 24.5 Å². The van der Waals surface area contributed by atoms with Gasteiger partial charge in [-0.3, -0.25) is 4.90 Å². The molecule has 0 aromatic carbocycles. The van der Waals surface area contributed by atoms with Gasteiger partial charge >= 0.3 is 0 Å². The highest BCUT2D eigenvalue weighted by Gasteiger charge is 2.34. The maximum atomic E-state index is 5.62. The molecule has 0 amide bonds. The van der Waals surface area contributed by atoms with Crippen LogP contribution in [0.1, 0.15) is 58.3 Å². The van der Waals surface area contributed by atoms with E-state index in [4.69, 9.17) is 5.73 Å². The molecule has 0 spiro atoms. The lowest BCUT2D eigenvalue weighted by Gasteiger charge is -2.47. The number of fused-ring (bicyclic) bond motifs is 1. The zero-order valence-electron chi connectivity index (χ0n) is 10.8. The van der Waals surface area contributed by atoms with Crippen molar-refractivity contribution < 1.29 is 0 Å². The fourth-order valence-electron chi connectivity index (χ4n) is 3.79. The van der Waals surface area contributed by atoms with Crippen LogP contribution in [-0.4, -0.2) is 30.1 Å². The first-order valence-corrected chi connectivity index (χ1v) is 7.28. The third-order valence-electron chi connectivity index (χ3n) is 4.68. The molecule has 1 heterocycles. The van der Waals surface area contributed by atoms with Crippen LogP contribution in [0, 0.1) is 5.92 Å². The maximum absolute atomic E-state index is 5.62. The van der Waals surface area contributed by atoms with Gasteiger partial charge in [0.2, 0.25) is 0 Å². The number of piperidine rings is 1. The van der Waals surface area contributed by atoms with Crippen LogP contribution in [0.15, 0.2) is 0 Å². The number of hydrogen-bond acceptors (Lipinski definition) is 2. The van der Waals surface area contributed by atoms with Gasteiger partial charge in [0.05, 0.1) is 0 Å². The van der Waals surface area contributed by atoms with Crippen LogP contribution in [0.4, 0.5) is 0 Å². The van der Waals surface area contributed by atoms with Gasteiger partial charge in [0.25, 0.3) is 0 Å². The van der Waals surface area contributed by atoms with Crippen molar-refractivity contribution >= 4 is 0 Å². The summed E-state index contributed by atoms with van der Waals surface area (Å²) < 4.78 is 0. The Bertz CT molecular complexity index is 203. The summed E-state index contributed by atoms with van der Waals surface area (Å²) in [5, 5.41) is 0. The molecular formula is C14H28N2. The van der Waals surface area contributed by atoms with Crippen LogP contribution >= 0.6 is 0 Å². The van der Waals surface area contributed by atoms with Gasteiger partial charge < -0.3 is 5.73 Å². The molecule has 1 unspecified atom stereocenters. The SMILES string of the molecule is CC(CCCN)N1CCC[C@H]2CCCC[C@H]21. The number of nitrogens with two attached hydrogens (primary N) is 1. The first-order chi connectivity index (χ1) is 7.83. The van der Waals surface area contributed by atoms with E-state index in [1.807, 2.05) is 0 Å². The lowest BCUT2D eigenvalue weighted by Crippen LogP contribution is -2.50. The first kappa shape index (κ1) is 12.4. The third kappa shape index (κ3) is 2.78. The molecule has 0 aromatic rings. The molecule has 2 nitrogen and oxygen atoms in total. The minimum atomic E-state index is 0.759. The minimum absolute atomic E-state index is 0.759. The molecule has 2 N–H and O–H groups in total. The molecule has 0 aromatic heterocycles. The molecule has 1 saturated heterocycles. The van der Waals surface area contributed by atoms with E-state index in [9.17, 15) is 0 Å². The predicted molar refractivity (Wildman–Crippen MR) is 69.4 cm³/mol. The largest absolute Gasteiger partial charge is 0.330 e. The van der Waals surface area contributed by atoms with Crippen molar-refractivity contribution in [3.05, 3.63) is 0 Å². The first-order valence-electron chi connectivity index (χ1n) is 7.28. The molecule has 1 saturated carbocycles. The average Bonchev–Trinajstić information content (AvgIpc) is 2.35. The van der Waals surface area contributed by atoms with Crippen LogP contribution in [0.2, 0.25) is 0 Å². The molecule has 0 radical (unpaired) electrons. The van der Waals surface area contributed by atoms with Crippen molar-refractivity contribution in [1.29, 1.82) is 0 Å². The second kappa shape index (κ2) is 6.02. The Morgan fingerprint density at radius 2 is 1.94 bits per heavy atom. The highest BCUT2D eigenvalue weighted by Crippen LogP contribution is 2.36. The molecule has 2 rings (SSSR count). The van der Waals surface area contributed by atoms with Gasteiger partial charge in [-0.2, -0.15) is 0 Å². The van der Waals surface area contributed by atoms with E-state index in [0.29, 0.717) is 0 Å². The standard InChI is InChI=1S/C14H28N2/c1-12(6-4-10-15)16-11-5-8-13-7-2-3-9-14(13)16/h12-14H,2-11,15H2,1H3/t12?,13-,14-/m1/s1. The molecule has 16 heavy (non-hydrogen) atoms. The Hall–Kier alpha value is -0.0800. The average molecular weight is 224 g/mol. The summed E-state index contributed by atoms with van der Waals surface area (Å²) in [5.41, 5.74) is 5.62. The van der Waals surface area contributed by atoms with E-state index >= 15 is 0 Å². The summed E-state index contributed by atoms with van der Waals surface area (Å²) in [5.74, 6) is 1.02. The van der Waals surface area contributed by atoms with E-state index in [1.54, 1.807) is 0 Å². The smallest absolute Gasteiger partial charge is 0.0126 e. The minimum Gasteiger partial charge on any atom is -0.330 e. The van der Waals surface area contributed by atoms with Gasteiger partial charge in [-0.15, -0.1) is 0 Å². The lowest BCUT2D eigenvalue weighted by molar-refractivity contribution is 0.0284. The summed E-state index contributed by atoms with van der Waals surface area (Å²) in [6, 6.07) is 1.67. The second-order valence-corrected chi connectivity index (χ2v) is 5.77. The summed E-state index contributed by atoms with van der Waals surface area (Å²) in [6.07, 6.45) is 11.3. The summed E-state index contributed by atoms with van der Waals surface area (Å²) in [6.45, 7) is 4.60. The summed E-state index contributed by atoms with van der Waals surface area (Å²) in [7, 11) is 0. The fraction of sp³-hybridized carbons (Fsp3) is 1.00. The van der Waals surface area contributed by atoms with Crippen LogP contribution < -0.4 is 5.73 Å². The zero-order chi connectivity index (χ0) is 11.4. The Balaban J connectivity index is 1.91. The Kier molecular flexibility index (Phi) is 4.66. The molecule has 2 heteroatoms. The molecule has 0 bridgehead atoms. The van der Waals surface area contributed by atoms with Crippen LogP contribution in [0.5, 0.6) is 0 Å². The molecule has 1 aliphatic carbocycles. The van der Waals surface area contributed by atoms with Gasteiger partial charge in [-0.1, -0.05) is 12.8 Å². The van der Waals surface area contributed by atoms with Crippen molar-refractivity contribution in [3.8, 4) is 0 Å². The van der Waals surface area contributed by atoms with Crippen molar-refractivity contribution in [2.75, 3.05) is 13.1 Å². The van der Waals surface area contributed by atoms with Gasteiger partial charge in [0, 0.05) is 12.1 Å². The van der Waals surface area contributed by atoms with Crippen LogP contribution in [-0.2, 0) is 0 Å². The third-order valence-corrected chi connectivity index (χ3v) is 4.68. The summed E-state index contributed by atoms with van der Waals surface area (Å²) in [4.78, 5) is 2.81. The van der Waals surface area contributed by atoms with Crippen molar-refractivity contribution in [2.24, 2.45) is 11.7 Å². The highest BCUT2D eigenvalue weighted by molar-refractivity contribution is 4.89. The number of nitrogens with zero attached hydrogens (tertiary/aromatic N) is 1. The monoisotopic (exact) mass is 224 g/mol. The topological polar surface area (TPSA) is 29.3 Å².